The van der Waals surface area contributed by atoms with E-state index in [0.717, 1.165) is 36.1 Å². The van der Waals surface area contributed by atoms with Crippen molar-refractivity contribution < 1.29 is 32.6 Å². The lowest BCUT2D eigenvalue weighted by molar-refractivity contribution is -0.151. The first-order valence-electron chi connectivity index (χ1n) is 22.3. The molecular formula is C48H80O7Si2. The van der Waals surface area contributed by atoms with Crippen LogP contribution in [0.4, 0.5) is 0 Å². The lowest BCUT2D eigenvalue weighted by Gasteiger charge is -2.40. The quantitative estimate of drug-likeness (QED) is 0.0540. The number of hydrogen-bond donors (Lipinski definition) is 0. The Morgan fingerprint density at radius 1 is 1.02 bits per heavy atom. The Morgan fingerprint density at radius 2 is 1.68 bits per heavy atom. The first kappa shape index (κ1) is 47.8. The van der Waals surface area contributed by atoms with E-state index in [1.165, 1.54) is 0 Å². The van der Waals surface area contributed by atoms with Crippen molar-refractivity contribution in [2.45, 2.75) is 206 Å². The molecule has 0 bridgehead atoms. The summed E-state index contributed by atoms with van der Waals surface area (Å²) in [5.41, 5.74) is 2.01. The van der Waals surface area contributed by atoms with E-state index in [-0.39, 0.29) is 53.9 Å². The Labute approximate surface area is 350 Å². The Morgan fingerprint density at radius 3 is 2.28 bits per heavy atom. The number of carbonyl (C=O) groups is 1. The normalized spacial score (nSPS) is 31.6. The van der Waals surface area contributed by atoms with Crippen LogP contribution in [0.1, 0.15) is 134 Å². The Balaban J connectivity index is 1.49. The van der Waals surface area contributed by atoms with E-state index in [1.807, 2.05) is 18.2 Å². The highest BCUT2D eigenvalue weighted by Gasteiger charge is 2.49. The molecule has 2 fully saturated rings. The number of allylic oxidation sites excluding steroid dienone is 3. The van der Waals surface area contributed by atoms with Crippen molar-refractivity contribution in [2.24, 2.45) is 17.8 Å². The molecule has 9 heteroatoms. The number of rotatable bonds is 16. The topological polar surface area (TPSA) is 75.8 Å². The van der Waals surface area contributed by atoms with E-state index in [4.69, 9.17) is 27.8 Å². The second-order valence-corrected chi connectivity index (χ2v) is 29.3. The number of epoxide rings is 1. The number of carbonyl (C=O) groups excluding carboxylic acids is 1. The molecule has 0 spiro atoms. The van der Waals surface area contributed by atoms with Crippen LogP contribution in [0.3, 0.4) is 0 Å². The average Bonchev–Trinajstić information content (AvgIpc) is 3.83. The summed E-state index contributed by atoms with van der Waals surface area (Å²) >= 11 is 0. The zero-order valence-electron chi connectivity index (χ0n) is 38.4. The van der Waals surface area contributed by atoms with Crippen LogP contribution in [0.25, 0.3) is 0 Å². The van der Waals surface area contributed by atoms with Crippen LogP contribution in [0, 0.1) is 17.8 Å². The summed E-state index contributed by atoms with van der Waals surface area (Å²) in [7, 11) is -3.97. The zero-order chi connectivity index (χ0) is 42.3. The molecule has 0 N–H and O–H groups in total. The van der Waals surface area contributed by atoms with Crippen LogP contribution >= 0.6 is 0 Å². The summed E-state index contributed by atoms with van der Waals surface area (Å²) in [6, 6.07) is 12.5. The van der Waals surface area contributed by atoms with Crippen LogP contribution in [-0.4, -0.2) is 64.8 Å². The van der Waals surface area contributed by atoms with Gasteiger partial charge < -0.3 is 27.8 Å². The van der Waals surface area contributed by atoms with E-state index in [2.05, 4.69) is 146 Å². The number of esters is 1. The fourth-order valence-electron chi connectivity index (χ4n) is 8.62. The molecule has 1 aromatic rings. The van der Waals surface area contributed by atoms with Gasteiger partial charge in [0.15, 0.2) is 22.9 Å². The minimum atomic E-state index is -2.19. The molecule has 0 aliphatic carbocycles. The molecule has 11 atom stereocenters. The van der Waals surface area contributed by atoms with Gasteiger partial charge in [0.25, 0.3) is 0 Å². The molecular weight excluding hydrogens is 745 g/mol. The highest BCUT2D eigenvalue weighted by atomic mass is 28.4. The van der Waals surface area contributed by atoms with Gasteiger partial charge in [0.2, 0.25) is 0 Å². The largest absolute Gasteiger partial charge is 0.457 e. The van der Waals surface area contributed by atoms with Gasteiger partial charge in [-0.2, -0.15) is 0 Å². The third kappa shape index (κ3) is 12.4. The molecule has 7 nitrogen and oxygen atoms in total. The highest BCUT2D eigenvalue weighted by molar-refractivity contribution is 6.75. The Hall–Kier alpha value is -1.86. The number of fused-ring (bicyclic) bond motifs is 1. The summed E-state index contributed by atoms with van der Waals surface area (Å²) in [5, 5.41) is 0.00331. The molecule has 3 aliphatic heterocycles. The molecule has 0 aromatic heterocycles. The first-order chi connectivity index (χ1) is 26.7. The summed E-state index contributed by atoms with van der Waals surface area (Å²) < 4.78 is 40.0. The maximum atomic E-state index is 13.8. The SMILES string of the molecule is CC[C@H](O[Si](CC)(CC)C(C)C)[C@@H](C)[C@H]1O[C@@H]1C[C@H](C)/C=C/C=C(\C)[C@H]1OC(=O)C[C@H](O[Si](C)(C)C(C)(C)C)CC[C@@]2(C)O[C@@H](c3ccccc3)O[C@H]2/C=C/[C@@H]1C. The van der Waals surface area contributed by atoms with Crippen LogP contribution in [-0.2, 0) is 32.6 Å². The first-order valence-corrected chi connectivity index (χ1v) is 27.6. The molecule has 3 heterocycles. The smallest absolute Gasteiger partial charge is 0.308 e. The van der Waals surface area contributed by atoms with Crippen molar-refractivity contribution >= 4 is 22.6 Å². The van der Waals surface area contributed by atoms with Crippen LogP contribution < -0.4 is 0 Å². The monoisotopic (exact) mass is 825 g/mol. The van der Waals surface area contributed by atoms with Crippen molar-refractivity contribution in [1.29, 1.82) is 0 Å². The second-order valence-electron chi connectivity index (χ2n) is 19.6. The molecule has 4 rings (SSSR count). The fourth-order valence-corrected chi connectivity index (χ4v) is 13.7. The fraction of sp³-hybridized carbons (Fsp3) is 0.729. The Kier molecular flexibility index (Phi) is 16.9. The van der Waals surface area contributed by atoms with Gasteiger partial charge in [-0.15, -0.1) is 0 Å². The predicted molar refractivity (Wildman–Crippen MR) is 239 cm³/mol. The number of cyclic esters (lactones) is 1. The van der Waals surface area contributed by atoms with E-state index in [1.54, 1.807) is 0 Å². The molecule has 2 saturated heterocycles. The second kappa shape index (κ2) is 20.1. The van der Waals surface area contributed by atoms with Gasteiger partial charge in [-0.1, -0.05) is 137 Å². The van der Waals surface area contributed by atoms with Crippen molar-refractivity contribution in [1.82, 2.24) is 0 Å². The van der Waals surface area contributed by atoms with Gasteiger partial charge in [-0.3, -0.25) is 4.79 Å². The molecule has 3 aliphatic rings. The van der Waals surface area contributed by atoms with Gasteiger partial charge in [0, 0.05) is 23.5 Å². The van der Waals surface area contributed by atoms with Crippen LogP contribution in [0.15, 0.2) is 66.3 Å². The molecule has 0 unspecified atom stereocenters. The van der Waals surface area contributed by atoms with Gasteiger partial charge in [0.1, 0.15) is 12.2 Å². The van der Waals surface area contributed by atoms with Crippen molar-refractivity contribution in [2.75, 3.05) is 0 Å². The molecule has 1 aromatic carbocycles. The van der Waals surface area contributed by atoms with Crippen molar-refractivity contribution in [3.63, 3.8) is 0 Å². The lowest BCUT2D eigenvalue weighted by Crippen LogP contribution is -2.45. The van der Waals surface area contributed by atoms with Crippen LogP contribution in [0.5, 0.6) is 0 Å². The molecule has 57 heavy (non-hydrogen) atoms. The number of ether oxygens (including phenoxy) is 4. The van der Waals surface area contributed by atoms with E-state index in [0.29, 0.717) is 30.2 Å². The molecule has 0 saturated carbocycles. The Bertz CT molecular complexity index is 1510. The third-order valence-corrected chi connectivity index (χ3v) is 23.7. The summed E-state index contributed by atoms with van der Waals surface area (Å²) in [4.78, 5) is 13.8. The molecule has 0 amide bonds. The van der Waals surface area contributed by atoms with Gasteiger partial charge in [-0.05, 0) is 86.8 Å². The van der Waals surface area contributed by atoms with Crippen molar-refractivity contribution in [3.05, 3.63) is 71.8 Å². The summed E-state index contributed by atoms with van der Waals surface area (Å²) in [6.45, 7) is 33.7. The summed E-state index contributed by atoms with van der Waals surface area (Å²) in [6.07, 6.45) is 13.6. The zero-order valence-corrected chi connectivity index (χ0v) is 40.4. The van der Waals surface area contributed by atoms with Crippen molar-refractivity contribution in [3.8, 4) is 0 Å². The highest BCUT2D eigenvalue weighted by Crippen LogP contribution is 2.44. The van der Waals surface area contributed by atoms with Gasteiger partial charge in [0.05, 0.1) is 30.3 Å². The van der Waals surface area contributed by atoms with Gasteiger partial charge >= 0.3 is 5.97 Å². The standard InChI is InChI=1S/C48H80O7Si2/c1-16-40(55-57(17-2,18-3)33(4)5)37(9)45-41(50-45)31-34(6)23-22-24-35(7)44-36(8)27-28-42-48(13,53-46(51-42)38-25-20-19-21-26-38)30-29-39(32-43(49)52-44)54-56(14,15)47(10,11)12/h19-28,33-34,36-37,39-42,44-46H,16-18,29-32H2,1-15H3/b23-22+,28-27+,35-24+/t34-,36+,37-,39-,40+,41-,42+,44-,45-,46+,48-/m1/s1. The lowest BCUT2D eigenvalue weighted by atomic mass is 9.89. The van der Waals surface area contributed by atoms with E-state index >= 15 is 0 Å². The predicted octanol–water partition coefficient (Wildman–Crippen LogP) is 12.7. The van der Waals surface area contributed by atoms with E-state index in [9.17, 15) is 4.79 Å². The molecule has 322 valence electrons. The minimum absolute atomic E-state index is 0.00331. The number of hydrogen-bond acceptors (Lipinski definition) is 7. The summed E-state index contributed by atoms with van der Waals surface area (Å²) in [5.74, 6) is 0.399. The maximum absolute atomic E-state index is 13.8. The molecule has 0 radical (unpaired) electrons. The minimum Gasteiger partial charge on any atom is -0.457 e. The third-order valence-electron chi connectivity index (χ3n) is 13.9. The average molecular weight is 825 g/mol. The number of benzene rings is 1. The van der Waals surface area contributed by atoms with Crippen LogP contribution in [0.2, 0.25) is 35.8 Å². The van der Waals surface area contributed by atoms with Gasteiger partial charge in [-0.25, -0.2) is 0 Å². The van der Waals surface area contributed by atoms with E-state index < -0.39 is 34.6 Å². The maximum Gasteiger partial charge on any atom is 0.308 e.